The molecule has 0 bridgehead atoms. The molecule has 0 aromatic carbocycles. The van der Waals surface area contributed by atoms with Gasteiger partial charge in [0.05, 0.1) is 5.56 Å². The maximum atomic E-state index is 13.1. The number of hydrogen-bond donors (Lipinski definition) is 0. The van der Waals surface area contributed by atoms with Crippen molar-refractivity contribution in [1.29, 1.82) is 0 Å². The van der Waals surface area contributed by atoms with Crippen molar-refractivity contribution in [2.24, 2.45) is 0 Å². The molecule has 1 heterocycles. The lowest BCUT2D eigenvalue weighted by atomic mass is 10.1. The Kier molecular flexibility index (Phi) is 3.10. The zero-order chi connectivity index (χ0) is 10.9. The van der Waals surface area contributed by atoms with Gasteiger partial charge < -0.3 is 0 Å². The van der Waals surface area contributed by atoms with E-state index in [4.69, 9.17) is 11.6 Å². The van der Waals surface area contributed by atoms with Crippen LogP contribution in [0.15, 0.2) is 6.20 Å². The number of carbonyl (C=O) groups excluding carboxylic acids is 1. The number of carbonyl (C=O) groups is 1. The van der Waals surface area contributed by atoms with E-state index in [1.807, 2.05) is 0 Å². The van der Waals surface area contributed by atoms with E-state index in [1.54, 1.807) is 0 Å². The van der Waals surface area contributed by atoms with Crippen LogP contribution in [0.1, 0.15) is 28.0 Å². The molecule has 0 saturated heterocycles. The first-order chi connectivity index (χ1) is 6.45. The van der Waals surface area contributed by atoms with Crippen LogP contribution in [0.5, 0.6) is 0 Å². The first-order valence-electron chi connectivity index (χ1n) is 3.58. The van der Waals surface area contributed by atoms with Gasteiger partial charge in [0, 0.05) is 11.8 Å². The molecule has 0 spiro atoms. The minimum atomic E-state index is -2.96. The normalized spacial score (nSPS) is 10.7. The third-order valence-electron chi connectivity index (χ3n) is 1.69. The molecule has 0 aliphatic carbocycles. The van der Waals surface area contributed by atoms with E-state index in [-0.39, 0.29) is 11.3 Å². The van der Waals surface area contributed by atoms with Crippen LogP contribution in [0.2, 0.25) is 0 Å². The summed E-state index contributed by atoms with van der Waals surface area (Å²) in [7, 11) is 0. The maximum Gasteiger partial charge on any atom is 0.271 e. The van der Waals surface area contributed by atoms with E-state index < -0.39 is 23.0 Å². The van der Waals surface area contributed by atoms with Crippen molar-refractivity contribution in [3.63, 3.8) is 0 Å². The lowest BCUT2D eigenvalue weighted by molar-refractivity contribution is 0.107. The Hall–Kier alpha value is -1.10. The summed E-state index contributed by atoms with van der Waals surface area (Å²) in [5.74, 6) is -1.14. The Balaban J connectivity index is 3.33. The molecule has 0 amide bonds. The first-order valence-corrected chi connectivity index (χ1v) is 3.96. The summed E-state index contributed by atoms with van der Waals surface area (Å²) >= 11 is 5.06. The fourth-order valence-electron chi connectivity index (χ4n) is 0.958. The number of pyridine rings is 1. The van der Waals surface area contributed by atoms with Gasteiger partial charge in [-0.25, -0.2) is 13.2 Å². The molecule has 2 nitrogen and oxygen atoms in total. The zero-order valence-electron chi connectivity index (χ0n) is 7.02. The summed E-state index contributed by atoms with van der Waals surface area (Å²) in [6.45, 7) is 1.17. The Morgan fingerprint density at radius 1 is 1.57 bits per heavy atom. The fraction of sp³-hybridized carbons (Fsp3) is 0.250. The van der Waals surface area contributed by atoms with Gasteiger partial charge in [0.2, 0.25) is 0 Å². The second-order valence-corrected chi connectivity index (χ2v) is 2.92. The SMILES string of the molecule is Cc1c(C(=O)Cl)ncc(C(F)F)c1F. The molecule has 0 aliphatic rings. The zero-order valence-corrected chi connectivity index (χ0v) is 7.78. The lowest BCUT2D eigenvalue weighted by Gasteiger charge is -2.05. The van der Waals surface area contributed by atoms with E-state index >= 15 is 0 Å². The number of aromatic nitrogens is 1. The van der Waals surface area contributed by atoms with Crippen molar-refractivity contribution in [2.75, 3.05) is 0 Å². The Morgan fingerprint density at radius 2 is 2.14 bits per heavy atom. The molecule has 0 radical (unpaired) electrons. The van der Waals surface area contributed by atoms with Crippen molar-refractivity contribution in [3.05, 3.63) is 28.8 Å². The molecule has 1 aromatic heterocycles. The molecule has 0 aliphatic heterocycles. The average molecular weight is 224 g/mol. The summed E-state index contributed by atoms with van der Waals surface area (Å²) in [5.41, 5.74) is -1.43. The molecule has 0 saturated carbocycles. The van der Waals surface area contributed by atoms with Crippen molar-refractivity contribution in [1.82, 2.24) is 4.98 Å². The summed E-state index contributed by atoms with van der Waals surface area (Å²) in [4.78, 5) is 14.0. The molecule has 0 atom stereocenters. The number of halogens is 4. The van der Waals surface area contributed by atoms with Crippen LogP contribution in [0.3, 0.4) is 0 Å². The molecule has 14 heavy (non-hydrogen) atoms. The van der Waals surface area contributed by atoms with Crippen molar-refractivity contribution < 1.29 is 18.0 Å². The molecular weight excluding hydrogens is 219 g/mol. The molecule has 6 heteroatoms. The van der Waals surface area contributed by atoms with Crippen LogP contribution in [0.4, 0.5) is 13.2 Å². The van der Waals surface area contributed by atoms with Crippen LogP contribution in [0, 0.1) is 12.7 Å². The largest absolute Gasteiger partial charge is 0.274 e. The topological polar surface area (TPSA) is 30.0 Å². The van der Waals surface area contributed by atoms with Crippen molar-refractivity contribution >= 4 is 16.8 Å². The second-order valence-electron chi connectivity index (χ2n) is 2.58. The highest BCUT2D eigenvalue weighted by Gasteiger charge is 2.20. The summed E-state index contributed by atoms with van der Waals surface area (Å²) in [6, 6.07) is 0. The molecule has 1 aromatic rings. The van der Waals surface area contributed by atoms with Gasteiger partial charge in [-0.15, -0.1) is 0 Å². The molecular formula is C8H5ClF3NO. The highest BCUT2D eigenvalue weighted by molar-refractivity contribution is 6.67. The lowest BCUT2D eigenvalue weighted by Crippen LogP contribution is -2.04. The van der Waals surface area contributed by atoms with E-state index in [2.05, 4.69) is 4.98 Å². The highest BCUT2D eigenvalue weighted by Crippen LogP contribution is 2.24. The van der Waals surface area contributed by atoms with Gasteiger partial charge in [0.15, 0.2) is 0 Å². The average Bonchev–Trinajstić information content (AvgIpc) is 2.08. The van der Waals surface area contributed by atoms with Gasteiger partial charge in [-0.05, 0) is 18.5 Å². The standard InChI is InChI=1S/C8H5ClF3NO/c1-3-5(10)4(8(11)12)2-13-6(3)7(9)14/h2,8H,1H3. The first kappa shape index (κ1) is 11.0. The van der Waals surface area contributed by atoms with Gasteiger partial charge in [-0.2, -0.15) is 0 Å². The van der Waals surface area contributed by atoms with Gasteiger partial charge in [0.25, 0.3) is 11.7 Å². The number of rotatable bonds is 2. The second kappa shape index (κ2) is 3.96. The Morgan fingerprint density at radius 3 is 2.57 bits per heavy atom. The molecule has 76 valence electrons. The molecule has 0 N–H and O–H groups in total. The van der Waals surface area contributed by atoms with Crippen LogP contribution < -0.4 is 0 Å². The molecule has 0 unspecified atom stereocenters. The predicted octanol–water partition coefficient (Wildman–Crippen LogP) is 2.85. The number of nitrogens with zero attached hydrogens (tertiary/aromatic N) is 1. The Bertz CT molecular complexity index is 381. The fourth-order valence-corrected chi connectivity index (χ4v) is 1.15. The summed E-state index contributed by atoms with van der Waals surface area (Å²) in [6.07, 6.45) is -2.34. The van der Waals surface area contributed by atoms with Gasteiger partial charge in [0.1, 0.15) is 11.5 Å². The molecule has 1 rings (SSSR count). The van der Waals surface area contributed by atoms with E-state index in [0.717, 1.165) is 0 Å². The van der Waals surface area contributed by atoms with Crippen LogP contribution in [-0.4, -0.2) is 10.2 Å². The van der Waals surface area contributed by atoms with E-state index in [9.17, 15) is 18.0 Å². The van der Waals surface area contributed by atoms with Gasteiger partial charge in [-0.3, -0.25) is 9.78 Å². The quantitative estimate of drug-likeness (QED) is 0.722. The van der Waals surface area contributed by atoms with Crippen molar-refractivity contribution in [2.45, 2.75) is 13.3 Å². The third kappa shape index (κ3) is 1.87. The van der Waals surface area contributed by atoms with E-state index in [0.29, 0.717) is 6.20 Å². The minimum Gasteiger partial charge on any atom is -0.274 e. The smallest absolute Gasteiger partial charge is 0.271 e. The summed E-state index contributed by atoms with van der Waals surface area (Å²) in [5, 5.41) is -0.970. The van der Waals surface area contributed by atoms with Gasteiger partial charge >= 0.3 is 0 Å². The molecule has 0 fully saturated rings. The highest BCUT2D eigenvalue weighted by atomic mass is 35.5. The van der Waals surface area contributed by atoms with Crippen LogP contribution in [0.25, 0.3) is 0 Å². The monoisotopic (exact) mass is 223 g/mol. The van der Waals surface area contributed by atoms with Crippen molar-refractivity contribution in [3.8, 4) is 0 Å². The predicted molar refractivity (Wildman–Crippen MR) is 44.1 cm³/mol. The maximum absolute atomic E-state index is 13.1. The van der Waals surface area contributed by atoms with Gasteiger partial charge in [-0.1, -0.05) is 0 Å². The summed E-state index contributed by atoms with van der Waals surface area (Å²) < 4.78 is 37.4. The van der Waals surface area contributed by atoms with Crippen LogP contribution >= 0.6 is 11.6 Å². The van der Waals surface area contributed by atoms with E-state index in [1.165, 1.54) is 6.92 Å². The number of alkyl halides is 2. The Labute approximate surface area is 82.7 Å². The minimum absolute atomic E-state index is 0.261. The number of hydrogen-bond acceptors (Lipinski definition) is 2. The van der Waals surface area contributed by atoms with Crippen LogP contribution in [-0.2, 0) is 0 Å². The third-order valence-corrected chi connectivity index (χ3v) is 1.87.